The maximum absolute atomic E-state index is 12.7. The number of amides is 1. The van der Waals surface area contributed by atoms with E-state index in [4.69, 9.17) is 16.3 Å². The molecule has 0 saturated carbocycles. The lowest BCUT2D eigenvalue weighted by Gasteiger charge is -2.26. The van der Waals surface area contributed by atoms with E-state index < -0.39 is 10.0 Å². The van der Waals surface area contributed by atoms with Gasteiger partial charge in [0.25, 0.3) is 0 Å². The van der Waals surface area contributed by atoms with Gasteiger partial charge in [-0.1, -0.05) is 54.1 Å². The van der Waals surface area contributed by atoms with Crippen LogP contribution in [-0.4, -0.2) is 44.9 Å². The highest BCUT2D eigenvalue weighted by atomic mass is 35.5. The number of rotatable bonds is 7. The average Bonchev–Trinajstić information content (AvgIpc) is 2.69. The molecule has 28 heavy (non-hydrogen) atoms. The molecule has 1 saturated heterocycles. The van der Waals surface area contributed by atoms with Gasteiger partial charge < -0.3 is 10.1 Å². The first-order valence-corrected chi connectivity index (χ1v) is 11.1. The van der Waals surface area contributed by atoms with Gasteiger partial charge in [-0.05, 0) is 22.8 Å². The third-order valence-electron chi connectivity index (χ3n) is 4.60. The fraction of sp³-hybridized carbons (Fsp3) is 0.350. The summed E-state index contributed by atoms with van der Waals surface area (Å²) in [6.45, 7) is 1.84. The summed E-state index contributed by atoms with van der Waals surface area (Å²) < 4.78 is 32.1. The second-order valence-corrected chi connectivity index (χ2v) is 8.96. The maximum Gasteiger partial charge on any atom is 0.224 e. The molecular weight excluding hydrogens is 400 g/mol. The highest BCUT2D eigenvalue weighted by Crippen LogP contribution is 2.18. The van der Waals surface area contributed by atoms with Crippen molar-refractivity contribution in [2.24, 2.45) is 0 Å². The number of hydrogen-bond acceptors (Lipinski definition) is 4. The number of hydrogen-bond donors (Lipinski definition) is 1. The Kier molecular flexibility index (Phi) is 7.07. The number of benzene rings is 2. The number of nitrogens with one attached hydrogen (secondary N) is 1. The number of carbonyl (C=O) groups excluding carboxylic acids is 1. The molecule has 0 aromatic heterocycles. The Hall–Kier alpha value is -1.93. The number of halogens is 1. The van der Waals surface area contributed by atoms with Crippen molar-refractivity contribution in [2.45, 2.75) is 18.7 Å². The molecule has 0 aliphatic carbocycles. The lowest BCUT2D eigenvalue weighted by molar-refractivity contribution is -0.120. The molecular formula is C20H23ClN2O4S. The Balaban J connectivity index is 1.63. The van der Waals surface area contributed by atoms with Gasteiger partial charge in [0.2, 0.25) is 15.9 Å². The van der Waals surface area contributed by atoms with Crippen molar-refractivity contribution in [2.75, 3.05) is 26.3 Å². The van der Waals surface area contributed by atoms with Crippen molar-refractivity contribution in [1.82, 2.24) is 9.62 Å². The minimum atomic E-state index is -3.43. The van der Waals surface area contributed by atoms with Crippen molar-refractivity contribution in [3.63, 3.8) is 0 Å². The summed E-state index contributed by atoms with van der Waals surface area (Å²) in [6, 6.07) is 14.5. The Morgan fingerprint density at radius 3 is 2.29 bits per heavy atom. The molecule has 150 valence electrons. The van der Waals surface area contributed by atoms with Gasteiger partial charge in [0.1, 0.15) is 0 Å². The van der Waals surface area contributed by atoms with Gasteiger partial charge in [-0.15, -0.1) is 0 Å². The van der Waals surface area contributed by atoms with Gasteiger partial charge in [-0.25, -0.2) is 8.42 Å². The molecule has 1 aliphatic rings. The number of carbonyl (C=O) groups is 1. The van der Waals surface area contributed by atoms with E-state index in [-0.39, 0.29) is 24.6 Å². The van der Waals surface area contributed by atoms with Crippen molar-refractivity contribution in [1.29, 1.82) is 0 Å². The van der Waals surface area contributed by atoms with E-state index in [1.54, 1.807) is 18.2 Å². The van der Waals surface area contributed by atoms with Crippen LogP contribution >= 0.6 is 11.6 Å². The summed E-state index contributed by atoms with van der Waals surface area (Å²) in [5.41, 5.74) is 2.23. The lowest BCUT2D eigenvalue weighted by Crippen LogP contribution is -2.41. The summed E-state index contributed by atoms with van der Waals surface area (Å²) in [5.74, 6) is -0.261. The molecule has 0 unspecified atom stereocenters. The summed E-state index contributed by atoms with van der Waals surface area (Å²) in [4.78, 5) is 12.3. The predicted molar refractivity (Wildman–Crippen MR) is 108 cm³/mol. The zero-order valence-electron chi connectivity index (χ0n) is 15.4. The second kappa shape index (κ2) is 9.52. The van der Waals surface area contributed by atoms with Crippen LogP contribution in [0.2, 0.25) is 5.02 Å². The average molecular weight is 423 g/mol. The minimum Gasteiger partial charge on any atom is -0.379 e. The molecule has 2 aromatic carbocycles. The number of ether oxygens (including phenoxy) is 1. The maximum atomic E-state index is 12.7. The molecule has 3 rings (SSSR count). The van der Waals surface area contributed by atoms with E-state index in [9.17, 15) is 13.2 Å². The molecule has 0 spiro atoms. The highest BCUT2D eigenvalue weighted by Gasteiger charge is 2.25. The molecule has 6 nitrogen and oxygen atoms in total. The number of sulfonamides is 1. The van der Waals surface area contributed by atoms with E-state index in [2.05, 4.69) is 5.32 Å². The molecule has 1 N–H and O–H groups in total. The summed E-state index contributed by atoms with van der Waals surface area (Å²) in [7, 11) is -3.43. The first-order chi connectivity index (χ1) is 13.5. The quantitative estimate of drug-likeness (QED) is 0.743. The van der Waals surface area contributed by atoms with Gasteiger partial charge >= 0.3 is 0 Å². The molecule has 1 amide bonds. The van der Waals surface area contributed by atoms with Crippen LogP contribution in [0.3, 0.4) is 0 Å². The van der Waals surface area contributed by atoms with Crippen LogP contribution in [0.25, 0.3) is 0 Å². The normalized spacial score (nSPS) is 15.3. The van der Waals surface area contributed by atoms with E-state index >= 15 is 0 Å². The first kappa shape index (κ1) is 20.8. The molecule has 0 bridgehead atoms. The van der Waals surface area contributed by atoms with E-state index in [1.807, 2.05) is 30.3 Å². The molecule has 1 fully saturated rings. The van der Waals surface area contributed by atoms with Crippen molar-refractivity contribution in [3.8, 4) is 0 Å². The van der Waals surface area contributed by atoms with Gasteiger partial charge in [0.15, 0.2) is 0 Å². The third kappa shape index (κ3) is 5.54. The zero-order chi connectivity index (χ0) is 20.0. The SMILES string of the molecule is O=C(Cc1ccccc1Cl)NCc1ccccc1CS(=O)(=O)N1CCOCC1. The van der Waals surface area contributed by atoms with Gasteiger partial charge in [-0.2, -0.15) is 4.31 Å². The summed E-state index contributed by atoms with van der Waals surface area (Å²) >= 11 is 6.10. The lowest BCUT2D eigenvalue weighted by atomic mass is 10.1. The second-order valence-electron chi connectivity index (χ2n) is 6.58. The smallest absolute Gasteiger partial charge is 0.224 e. The van der Waals surface area contributed by atoms with E-state index in [1.165, 1.54) is 4.31 Å². The zero-order valence-corrected chi connectivity index (χ0v) is 17.0. The van der Waals surface area contributed by atoms with Gasteiger partial charge in [0, 0.05) is 24.7 Å². The van der Waals surface area contributed by atoms with Crippen molar-refractivity contribution >= 4 is 27.5 Å². The van der Waals surface area contributed by atoms with E-state index in [0.29, 0.717) is 36.9 Å². The Morgan fingerprint density at radius 1 is 1.00 bits per heavy atom. The van der Waals surface area contributed by atoms with Crippen LogP contribution in [0.1, 0.15) is 16.7 Å². The highest BCUT2D eigenvalue weighted by molar-refractivity contribution is 7.88. The first-order valence-electron chi connectivity index (χ1n) is 9.08. The molecule has 1 heterocycles. The fourth-order valence-corrected chi connectivity index (χ4v) is 4.82. The molecule has 0 radical (unpaired) electrons. The van der Waals surface area contributed by atoms with Crippen LogP contribution in [0.4, 0.5) is 0 Å². The predicted octanol–water partition coefficient (Wildman–Crippen LogP) is 2.36. The third-order valence-corrected chi connectivity index (χ3v) is 6.80. The Morgan fingerprint density at radius 2 is 1.61 bits per heavy atom. The van der Waals surface area contributed by atoms with Gasteiger partial charge in [-0.3, -0.25) is 4.79 Å². The van der Waals surface area contributed by atoms with Crippen molar-refractivity contribution in [3.05, 3.63) is 70.2 Å². The Bertz CT molecular complexity index is 927. The largest absolute Gasteiger partial charge is 0.379 e. The van der Waals surface area contributed by atoms with Crippen LogP contribution in [0.5, 0.6) is 0 Å². The molecule has 0 atom stereocenters. The van der Waals surface area contributed by atoms with Gasteiger partial charge in [0.05, 0.1) is 25.4 Å². The fourth-order valence-electron chi connectivity index (χ4n) is 3.05. The topological polar surface area (TPSA) is 75.7 Å². The van der Waals surface area contributed by atoms with Crippen LogP contribution < -0.4 is 5.32 Å². The molecule has 1 aliphatic heterocycles. The summed E-state index contributed by atoms with van der Waals surface area (Å²) in [6.07, 6.45) is 0.175. The number of nitrogens with zero attached hydrogens (tertiary/aromatic N) is 1. The monoisotopic (exact) mass is 422 g/mol. The van der Waals surface area contributed by atoms with Crippen molar-refractivity contribution < 1.29 is 17.9 Å². The Labute approximate surface area is 170 Å². The summed E-state index contributed by atoms with van der Waals surface area (Å²) in [5, 5.41) is 3.40. The molecule has 8 heteroatoms. The minimum absolute atomic E-state index is 0.0937. The standard InChI is InChI=1S/C20H23ClN2O4S/c21-19-8-4-3-5-16(19)13-20(24)22-14-17-6-1-2-7-18(17)15-28(25,26)23-9-11-27-12-10-23/h1-8H,9-15H2,(H,22,24). The van der Waals surface area contributed by atoms with Crippen LogP contribution in [0, 0.1) is 0 Å². The van der Waals surface area contributed by atoms with E-state index in [0.717, 1.165) is 11.1 Å². The van der Waals surface area contributed by atoms with Crippen LogP contribution in [0.15, 0.2) is 48.5 Å². The molecule has 2 aromatic rings. The van der Waals surface area contributed by atoms with Crippen LogP contribution in [-0.2, 0) is 38.3 Å². The number of morpholine rings is 1.